The summed E-state index contributed by atoms with van der Waals surface area (Å²) >= 11 is 0. The first-order valence-electron chi connectivity index (χ1n) is 10.3. The number of benzene rings is 2. The molecule has 5 rings (SSSR count). The summed E-state index contributed by atoms with van der Waals surface area (Å²) in [5.41, 5.74) is 6.21. The van der Waals surface area contributed by atoms with Gasteiger partial charge in [0.05, 0.1) is 30.0 Å². The summed E-state index contributed by atoms with van der Waals surface area (Å²) in [6.07, 6.45) is 3.58. The summed E-state index contributed by atoms with van der Waals surface area (Å²) in [5, 5.41) is 13.1. The van der Waals surface area contributed by atoms with Crippen molar-refractivity contribution in [3.63, 3.8) is 0 Å². The molecule has 0 fully saturated rings. The van der Waals surface area contributed by atoms with E-state index in [1.165, 1.54) is 5.56 Å². The number of hydrogen-bond acceptors (Lipinski definition) is 7. The third kappa shape index (κ3) is 3.35. The molecular formula is C24H23N7O. The van der Waals surface area contributed by atoms with Crippen LogP contribution in [-0.2, 0) is 7.05 Å². The summed E-state index contributed by atoms with van der Waals surface area (Å²) in [6.45, 7) is 2.12. The molecule has 2 aromatic carbocycles. The van der Waals surface area contributed by atoms with E-state index in [2.05, 4.69) is 56.8 Å². The maximum absolute atomic E-state index is 5.14. The van der Waals surface area contributed by atoms with Crippen LogP contribution < -0.4 is 15.4 Å². The summed E-state index contributed by atoms with van der Waals surface area (Å²) in [5.74, 6) is 1.96. The molecule has 0 radical (unpaired) electrons. The number of fused-ring (bicyclic) bond motifs is 2. The number of methoxy groups -OCH3 is 1. The fraction of sp³-hybridized carbons (Fsp3) is 0.167. The molecule has 8 heteroatoms. The number of nitrogens with one attached hydrogen (secondary N) is 2. The lowest BCUT2D eigenvalue weighted by molar-refractivity contribution is 0.398. The Kier molecular flexibility index (Phi) is 4.82. The summed E-state index contributed by atoms with van der Waals surface area (Å²) in [6, 6.07) is 14.2. The molecule has 3 heterocycles. The third-order valence-electron chi connectivity index (χ3n) is 5.52. The van der Waals surface area contributed by atoms with Gasteiger partial charge in [-0.05, 0) is 42.3 Å². The van der Waals surface area contributed by atoms with Crippen LogP contribution in [0.4, 0.5) is 17.5 Å². The van der Waals surface area contributed by atoms with Gasteiger partial charge in [-0.3, -0.25) is 4.68 Å². The van der Waals surface area contributed by atoms with Crippen molar-refractivity contribution in [1.29, 1.82) is 0 Å². The average Bonchev–Trinajstić information content (AvgIpc) is 3.13. The van der Waals surface area contributed by atoms with E-state index in [4.69, 9.17) is 9.84 Å². The largest absolute Gasteiger partial charge is 0.481 e. The van der Waals surface area contributed by atoms with Crippen LogP contribution in [0.2, 0.25) is 0 Å². The van der Waals surface area contributed by atoms with Crippen LogP contribution in [0.3, 0.4) is 0 Å². The van der Waals surface area contributed by atoms with Crippen molar-refractivity contribution in [1.82, 2.24) is 24.7 Å². The number of pyridine rings is 1. The maximum Gasteiger partial charge on any atom is 0.222 e. The predicted molar refractivity (Wildman–Crippen MR) is 128 cm³/mol. The maximum atomic E-state index is 5.14. The molecule has 0 spiro atoms. The van der Waals surface area contributed by atoms with E-state index in [9.17, 15) is 0 Å². The molecule has 0 aliphatic rings. The Labute approximate surface area is 185 Å². The molecule has 8 nitrogen and oxygen atoms in total. The molecule has 0 aliphatic carbocycles. The molecule has 0 bridgehead atoms. The van der Waals surface area contributed by atoms with E-state index in [0.717, 1.165) is 44.4 Å². The first-order chi connectivity index (χ1) is 15.6. The molecule has 32 heavy (non-hydrogen) atoms. The molecule has 2 N–H and O–H groups in total. The van der Waals surface area contributed by atoms with Gasteiger partial charge in [-0.1, -0.05) is 12.1 Å². The van der Waals surface area contributed by atoms with Gasteiger partial charge in [-0.2, -0.15) is 5.10 Å². The van der Waals surface area contributed by atoms with Crippen molar-refractivity contribution in [2.24, 2.45) is 7.05 Å². The van der Waals surface area contributed by atoms with E-state index in [1.807, 2.05) is 43.2 Å². The first-order valence-corrected chi connectivity index (χ1v) is 10.3. The van der Waals surface area contributed by atoms with Crippen LogP contribution in [0.25, 0.3) is 32.9 Å². The van der Waals surface area contributed by atoms with Gasteiger partial charge in [0, 0.05) is 42.7 Å². The molecular weight excluding hydrogens is 402 g/mol. The zero-order chi connectivity index (χ0) is 22.2. The lowest BCUT2D eigenvalue weighted by Crippen LogP contribution is -1.97. The molecule has 0 amide bonds. The Morgan fingerprint density at radius 3 is 2.62 bits per heavy atom. The van der Waals surface area contributed by atoms with E-state index in [0.29, 0.717) is 11.8 Å². The van der Waals surface area contributed by atoms with Crippen LogP contribution in [0, 0.1) is 6.92 Å². The van der Waals surface area contributed by atoms with Crippen molar-refractivity contribution in [3.05, 3.63) is 60.4 Å². The third-order valence-corrected chi connectivity index (χ3v) is 5.52. The highest BCUT2D eigenvalue weighted by atomic mass is 16.5. The highest BCUT2D eigenvalue weighted by Crippen LogP contribution is 2.36. The van der Waals surface area contributed by atoms with Crippen molar-refractivity contribution in [2.75, 3.05) is 24.8 Å². The summed E-state index contributed by atoms with van der Waals surface area (Å²) in [4.78, 5) is 13.2. The minimum atomic E-state index is 0.571. The van der Waals surface area contributed by atoms with Crippen LogP contribution in [-0.4, -0.2) is 38.9 Å². The normalized spacial score (nSPS) is 11.1. The molecule has 5 aromatic rings. The fourth-order valence-corrected chi connectivity index (χ4v) is 3.95. The van der Waals surface area contributed by atoms with Gasteiger partial charge in [-0.15, -0.1) is 0 Å². The van der Waals surface area contributed by atoms with Gasteiger partial charge >= 0.3 is 0 Å². The van der Waals surface area contributed by atoms with Crippen molar-refractivity contribution in [2.45, 2.75) is 6.92 Å². The van der Waals surface area contributed by atoms with Crippen LogP contribution in [0.5, 0.6) is 5.88 Å². The summed E-state index contributed by atoms with van der Waals surface area (Å²) in [7, 11) is 5.38. The molecule has 0 aliphatic heterocycles. The lowest BCUT2D eigenvalue weighted by atomic mass is 9.96. The number of hydrogen-bond donors (Lipinski definition) is 2. The quantitative estimate of drug-likeness (QED) is 0.422. The zero-order valence-electron chi connectivity index (χ0n) is 18.3. The molecule has 0 saturated heterocycles. The number of nitrogens with zero attached hydrogens (tertiary/aromatic N) is 5. The van der Waals surface area contributed by atoms with Crippen LogP contribution in [0.1, 0.15) is 5.56 Å². The van der Waals surface area contributed by atoms with Crippen LogP contribution >= 0.6 is 0 Å². The minimum Gasteiger partial charge on any atom is -0.481 e. The van der Waals surface area contributed by atoms with Gasteiger partial charge in [-0.25, -0.2) is 15.0 Å². The van der Waals surface area contributed by atoms with Crippen LogP contribution in [0.15, 0.2) is 54.9 Å². The predicted octanol–water partition coefficient (Wildman–Crippen LogP) is 4.68. The Morgan fingerprint density at radius 2 is 1.88 bits per heavy atom. The van der Waals surface area contributed by atoms with Gasteiger partial charge in [0.2, 0.25) is 11.8 Å². The first kappa shape index (κ1) is 19.7. The molecule has 0 unspecified atom stereocenters. The fourth-order valence-electron chi connectivity index (χ4n) is 3.95. The smallest absolute Gasteiger partial charge is 0.222 e. The van der Waals surface area contributed by atoms with Crippen molar-refractivity contribution >= 4 is 39.3 Å². The molecule has 160 valence electrons. The second-order valence-electron chi connectivity index (χ2n) is 7.56. The monoisotopic (exact) mass is 425 g/mol. The second kappa shape index (κ2) is 7.81. The number of aromatic nitrogens is 5. The standard InChI is InChI=1S/C24H23N7O/c1-14-5-8-18-22(31(3)30-23(18)28-17-7-10-20(32-4)26-13-17)21(14)15-6-9-19-16(11-15)12-27-24(25-2)29-19/h5-13H,1-4H3,(H,28,30)(H,25,27,29). The van der Waals surface area contributed by atoms with Gasteiger partial charge in [0.1, 0.15) is 0 Å². The lowest BCUT2D eigenvalue weighted by Gasteiger charge is -2.11. The topological polar surface area (TPSA) is 89.8 Å². The Bertz CT molecular complexity index is 1440. The second-order valence-corrected chi connectivity index (χ2v) is 7.56. The van der Waals surface area contributed by atoms with E-state index in [-0.39, 0.29) is 0 Å². The van der Waals surface area contributed by atoms with Crippen molar-refractivity contribution < 1.29 is 4.74 Å². The minimum absolute atomic E-state index is 0.571. The number of ether oxygens (including phenoxy) is 1. The SMILES string of the molecule is CNc1ncc2cc(-c3c(C)ccc4c(Nc5ccc(OC)nc5)nn(C)c34)ccc2n1. The average molecular weight is 425 g/mol. The zero-order valence-corrected chi connectivity index (χ0v) is 18.3. The van der Waals surface area contributed by atoms with E-state index < -0.39 is 0 Å². The summed E-state index contributed by atoms with van der Waals surface area (Å²) < 4.78 is 7.06. The van der Waals surface area contributed by atoms with Gasteiger partial charge in [0.25, 0.3) is 0 Å². The van der Waals surface area contributed by atoms with E-state index >= 15 is 0 Å². The van der Waals surface area contributed by atoms with E-state index in [1.54, 1.807) is 13.3 Å². The Hall–Kier alpha value is -4.20. The number of anilines is 3. The molecule has 3 aromatic heterocycles. The highest BCUT2D eigenvalue weighted by Gasteiger charge is 2.16. The molecule has 0 atom stereocenters. The Balaban J connectivity index is 1.62. The highest BCUT2D eigenvalue weighted by molar-refractivity contribution is 6.03. The van der Waals surface area contributed by atoms with Gasteiger partial charge in [0.15, 0.2) is 5.82 Å². The van der Waals surface area contributed by atoms with Gasteiger partial charge < -0.3 is 15.4 Å². The molecule has 0 saturated carbocycles. The number of rotatable bonds is 5. The van der Waals surface area contributed by atoms with Crippen molar-refractivity contribution in [3.8, 4) is 17.0 Å². The Morgan fingerprint density at radius 1 is 1.00 bits per heavy atom. The number of aryl methyl sites for hydroxylation is 2.